The first-order valence-electron chi connectivity index (χ1n) is 10.9. The van der Waals surface area contributed by atoms with Crippen LogP contribution in [0.25, 0.3) is 10.8 Å². The minimum atomic E-state index is -0.562. The molecule has 9 heteroatoms. The van der Waals surface area contributed by atoms with E-state index in [1.54, 1.807) is 28.9 Å². The highest BCUT2D eigenvalue weighted by molar-refractivity contribution is 6.05. The van der Waals surface area contributed by atoms with E-state index in [0.29, 0.717) is 23.7 Å². The SMILES string of the molecule is CCCCCn1nc(C(=O)NNC(=O)CCc2c(C)nn(C)c2C)c2ccccc2c1=O. The van der Waals surface area contributed by atoms with Crippen molar-refractivity contribution in [1.29, 1.82) is 0 Å². The van der Waals surface area contributed by atoms with E-state index in [0.717, 1.165) is 36.2 Å². The zero-order valence-electron chi connectivity index (χ0n) is 19.1. The summed E-state index contributed by atoms with van der Waals surface area (Å²) in [6, 6.07) is 6.87. The van der Waals surface area contributed by atoms with Gasteiger partial charge >= 0.3 is 0 Å². The number of nitrogens with one attached hydrogen (secondary N) is 2. The van der Waals surface area contributed by atoms with Crippen molar-refractivity contribution < 1.29 is 9.59 Å². The molecule has 9 nitrogen and oxygen atoms in total. The maximum absolute atomic E-state index is 12.8. The van der Waals surface area contributed by atoms with Crippen LogP contribution in [-0.4, -0.2) is 31.4 Å². The van der Waals surface area contributed by atoms with Crippen molar-refractivity contribution in [3.63, 3.8) is 0 Å². The second-order valence-corrected chi connectivity index (χ2v) is 7.90. The van der Waals surface area contributed by atoms with Crippen LogP contribution in [0.2, 0.25) is 0 Å². The Bertz CT molecular complexity index is 1190. The molecule has 170 valence electrons. The first-order chi connectivity index (χ1) is 15.3. The molecule has 1 aromatic carbocycles. The topological polar surface area (TPSA) is 111 Å². The second-order valence-electron chi connectivity index (χ2n) is 7.90. The van der Waals surface area contributed by atoms with Gasteiger partial charge in [-0.25, -0.2) is 4.68 Å². The van der Waals surface area contributed by atoms with Crippen LogP contribution in [0.5, 0.6) is 0 Å². The number of carbonyl (C=O) groups excluding carboxylic acids is 2. The molecule has 0 saturated heterocycles. The average Bonchev–Trinajstić information content (AvgIpc) is 3.03. The largest absolute Gasteiger partial charge is 0.290 e. The number of hydrogen-bond donors (Lipinski definition) is 2. The number of hydrazine groups is 1. The number of unbranched alkanes of at least 4 members (excludes halogenated alkanes) is 2. The van der Waals surface area contributed by atoms with Crippen LogP contribution in [0, 0.1) is 13.8 Å². The lowest BCUT2D eigenvalue weighted by Crippen LogP contribution is -2.43. The van der Waals surface area contributed by atoms with Crippen molar-refractivity contribution in [2.75, 3.05) is 0 Å². The second kappa shape index (κ2) is 10.2. The first-order valence-corrected chi connectivity index (χ1v) is 10.9. The maximum Gasteiger partial charge on any atom is 0.290 e. The maximum atomic E-state index is 12.8. The molecule has 2 amide bonds. The number of aryl methyl sites for hydroxylation is 3. The van der Waals surface area contributed by atoms with E-state index >= 15 is 0 Å². The molecule has 0 radical (unpaired) electrons. The monoisotopic (exact) mass is 438 g/mol. The summed E-state index contributed by atoms with van der Waals surface area (Å²) in [6.07, 6.45) is 3.51. The minimum absolute atomic E-state index is 0.107. The Hall–Kier alpha value is -3.49. The summed E-state index contributed by atoms with van der Waals surface area (Å²) < 4.78 is 3.12. The van der Waals surface area contributed by atoms with E-state index in [-0.39, 0.29) is 23.6 Å². The Balaban J connectivity index is 1.71. The van der Waals surface area contributed by atoms with Gasteiger partial charge in [0.2, 0.25) is 5.91 Å². The van der Waals surface area contributed by atoms with Gasteiger partial charge in [-0.1, -0.05) is 38.0 Å². The highest BCUT2D eigenvalue weighted by Gasteiger charge is 2.18. The summed E-state index contributed by atoms with van der Waals surface area (Å²) in [7, 11) is 1.87. The Kier molecular flexibility index (Phi) is 7.40. The Morgan fingerprint density at radius 3 is 2.41 bits per heavy atom. The molecule has 0 aliphatic rings. The highest BCUT2D eigenvalue weighted by atomic mass is 16.2. The van der Waals surface area contributed by atoms with Crippen molar-refractivity contribution >= 4 is 22.6 Å². The zero-order chi connectivity index (χ0) is 23.3. The third-order valence-electron chi connectivity index (χ3n) is 5.63. The van der Waals surface area contributed by atoms with E-state index in [1.807, 2.05) is 20.9 Å². The van der Waals surface area contributed by atoms with Gasteiger partial charge in [0, 0.05) is 31.1 Å². The van der Waals surface area contributed by atoms with E-state index in [4.69, 9.17) is 0 Å². The van der Waals surface area contributed by atoms with Gasteiger partial charge in [0.15, 0.2) is 5.69 Å². The molecular formula is C23H30N6O3. The lowest BCUT2D eigenvalue weighted by Gasteiger charge is -2.12. The summed E-state index contributed by atoms with van der Waals surface area (Å²) in [5.41, 5.74) is 7.71. The van der Waals surface area contributed by atoms with E-state index in [1.165, 1.54) is 4.68 Å². The molecule has 0 fully saturated rings. The number of fused-ring (bicyclic) bond motifs is 1. The summed E-state index contributed by atoms with van der Waals surface area (Å²) >= 11 is 0. The van der Waals surface area contributed by atoms with E-state index < -0.39 is 5.91 Å². The predicted molar refractivity (Wildman–Crippen MR) is 122 cm³/mol. The quantitative estimate of drug-likeness (QED) is 0.414. The number of aromatic nitrogens is 4. The molecule has 0 spiro atoms. The van der Waals surface area contributed by atoms with Crippen LogP contribution in [0.3, 0.4) is 0 Å². The van der Waals surface area contributed by atoms with E-state index in [2.05, 4.69) is 28.0 Å². The van der Waals surface area contributed by atoms with E-state index in [9.17, 15) is 14.4 Å². The van der Waals surface area contributed by atoms with Gasteiger partial charge in [0.25, 0.3) is 11.5 Å². The lowest BCUT2D eigenvalue weighted by atomic mass is 10.1. The van der Waals surface area contributed by atoms with Gasteiger partial charge in [-0.3, -0.25) is 29.9 Å². The smallest absolute Gasteiger partial charge is 0.273 e. The zero-order valence-corrected chi connectivity index (χ0v) is 19.1. The van der Waals surface area contributed by atoms with Crippen LogP contribution >= 0.6 is 0 Å². The Labute approximate surface area is 186 Å². The van der Waals surface area contributed by atoms with Crippen LogP contribution in [0.1, 0.15) is 60.0 Å². The standard InChI is InChI=1S/C23H30N6O3/c1-5-6-9-14-29-23(32)19-11-8-7-10-18(19)21(27-29)22(31)25-24-20(30)13-12-17-15(2)26-28(4)16(17)3/h7-8,10-11H,5-6,9,12-14H2,1-4H3,(H,24,30)(H,25,31). The summed E-state index contributed by atoms with van der Waals surface area (Å²) in [6.45, 7) is 6.39. The molecule has 3 aromatic rings. The molecule has 0 aliphatic heterocycles. The van der Waals surface area contributed by atoms with Crippen molar-refractivity contribution in [3.05, 3.63) is 57.3 Å². The third-order valence-corrected chi connectivity index (χ3v) is 5.63. The fraction of sp³-hybridized carbons (Fsp3) is 0.435. The normalized spacial score (nSPS) is 11.0. The summed E-state index contributed by atoms with van der Waals surface area (Å²) in [4.78, 5) is 37.9. The third kappa shape index (κ3) is 5.04. The van der Waals surface area contributed by atoms with Crippen LogP contribution in [0.4, 0.5) is 0 Å². The predicted octanol–water partition coefficient (Wildman–Crippen LogP) is 2.33. The lowest BCUT2D eigenvalue weighted by molar-refractivity contribution is -0.121. The van der Waals surface area contributed by atoms with Crippen LogP contribution in [-0.2, 0) is 24.8 Å². The minimum Gasteiger partial charge on any atom is -0.273 e. The summed E-state index contributed by atoms with van der Waals surface area (Å²) in [5.74, 6) is -0.880. The van der Waals surface area contributed by atoms with Gasteiger partial charge in [-0.05, 0) is 38.3 Å². The Morgan fingerprint density at radius 2 is 1.75 bits per heavy atom. The van der Waals surface area contributed by atoms with Crippen LogP contribution < -0.4 is 16.4 Å². The van der Waals surface area contributed by atoms with Gasteiger partial charge in [0.05, 0.1) is 11.1 Å². The molecule has 0 unspecified atom stereocenters. The molecule has 2 heterocycles. The molecule has 0 saturated carbocycles. The van der Waals surface area contributed by atoms with Crippen LogP contribution in [0.15, 0.2) is 29.1 Å². The van der Waals surface area contributed by atoms with Crippen molar-refractivity contribution in [2.24, 2.45) is 7.05 Å². The number of amides is 2. The molecular weight excluding hydrogens is 408 g/mol. The molecule has 0 aliphatic carbocycles. The Morgan fingerprint density at radius 1 is 1.03 bits per heavy atom. The number of nitrogens with zero attached hydrogens (tertiary/aromatic N) is 4. The van der Waals surface area contributed by atoms with Gasteiger partial charge < -0.3 is 0 Å². The van der Waals surface area contributed by atoms with Crippen molar-refractivity contribution in [2.45, 2.75) is 59.4 Å². The molecule has 0 atom stereocenters. The molecule has 0 bridgehead atoms. The van der Waals surface area contributed by atoms with Gasteiger partial charge in [-0.2, -0.15) is 10.2 Å². The fourth-order valence-corrected chi connectivity index (χ4v) is 3.73. The highest BCUT2D eigenvalue weighted by Crippen LogP contribution is 2.15. The molecule has 3 rings (SSSR count). The number of carbonyl (C=O) groups is 2. The van der Waals surface area contributed by atoms with Gasteiger partial charge in [0.1, 0.15) is 0 Å². The van der Waals surface area contributed by atoms with Crippen molar-refractivity contribution in [1.82, 2.24) is 30.4 Å². The molecule has 32 heavy (non-hydrogen) atoms. The number of benzene rings is 1. The summed E-state index contributed by atoms with van der Waals surface area (Å²) in [5, 5.41) is 9.54. The number of hydrogen-bond acceptors (Lipinski definition) is 5. The van der Waals surface area contributed by atoms with Gasteiger partial charge in [-0.15, -0.1) is 0 Å². The fourth-order valence-electron chi connectivity index (χ4n) is 3.73. The first kappa shape index (κ1) is 23.2. The number of rotatable bonds is 8. The molecule has 2 N–H and O–H groups in total. The average molecular weight is 439 g/mol. The molecule has 2 aromatic heterocycles. The van der Waals surface area contributed by atoms with Crippen molar-refractivity contribution in [3.8, 4) is 0 Å².